The smallest absolute Gasteiger partial charge is 0.372 e. The number of hydrogen-bond acceptors (Lipinski definition) is 4. The maximum absolute atomic E-state index is 12.0. The number of hydrogen-bond donors (Lipinski definition) is 1. The van der Waals surface area contributed by atoms with Gasteiger partial charge in [0, 0.05) is 35.6 Å². The van der Waals surface area contributed by atoms with Gasteiger partial charge in [-0.2, -0.15) is 0 Å². The molecule has 1 aromatic carbocycles. The van der Waals surface area contributed by atoms with Gasteiger partial charge in [-0.3, -0.25) is 4.90 Å². The lowest BCUT2D eigenvalue weighted by Gasteiger charge is -2.48. The lowest BCUT2D eigenvalue weighted by Crippen LogP contribution is -2.50. The molecule has 2 aromatic rings. The van der Waals surface area contributed by atoms with E-state index in [1.165, 1.54) is 29.3 Å². The monoisotopic (exact) mass is 352 g/mol. The molecule has 0 amide bonds. The lowest BCUT2D eigenvalue weighted by molar-refractivity contribution is -0.143. The second-order valence-electron chi connectivity index (χ2n) is 7.73. The predicted molar refractivity (Wildman–Crippen MR) is 98.6 cm³/mol. The van der Waals surface area contributed by atoms with Crippen LogP contribution in [0, 0.1) is 11.8 Å². The molecule has 1 aromatic heterocycles. The number of aromatic amines is 1. The van der Waals surface area contributed by atoms with Crippen LogP contribution in [-0.4, -0.2) is 42.2 Å². The fraction of sp³-hybridized carbons (Fsp3) is 0.476. The van der Waals surface area contributed by atoms with Crippen LogP contribution in [0.3, 0.4) is 0 Å². The first-order chi connectivity index (χ1) is 12.7. The van der Waals surface area contributed by atoms with Crippen molar-refractivity contribution in [2.24, 2.45) is 11.8 Å². The Kier molecular flexibility index (Phi) is 3.60. The molecule has 0 radical (unpaired) electrons. The Bertz CT molecular complexity index is 900. The van der Waals surface area contributed by atoms with E-state index >= 15 is 0 Å². The molecule has 0 spiro atoms. The van der Waals surface area contributed by atoms with Gasteiger partial charge in [-0.05, 0) is 43.4 Å². The standard InChI is InChI=1S/C21H24N2O3/c1-12-16-11-23-8-7-15-14-5-3-4-6-17(14)22-20(15)18(23)9-13(16)10-19(26-12)21(24)25-2/h3-6,10,12-13,16,18,22H,7-9,11H2,1-2H3/t12-,13-,16+,18+/m1/s1. The maximum atomic E-state index is 12.0. The maximum Gasteiger partial charge on any atom is 0.372 e. The van der Waals surface area contributed by atoms with Crippen molar-refractivity contribution in [3.05, 3.63) is 47.4 Å². The van der Waals surface area contributed by atoms with E-state index in [0.717, 1.165) is 25.9 Å². The van der Waals surface area contributed by atoms with Crippen molar-refractivity contribution < 1.29 is 14.3 Å². The van der Waals surface area contributed by atoms with Gasteiger partial charge >= 0.3 is 5.97 Å². The molecule has 3 aliphatic rings. The number of piperidine rings is 1. The van der Waals surface area contributed by atoms with E-state index in [-0.39, 0.29) is 12.1 Å². The predicted octanol–water partition coefficient (Wildman–Crippen LogP) is 3.18. The molecule has 1 fully saturated rings. The highest BCUT2D eigenvalue weighted by Gasteiger charge is 2.44. The van der Waals surface area contributed by atoms with E-state index in [2.05, 4.69) is 41.1 Å². The Morgan fingerprint density at radius 1 is 1.35 bits per heavy atom. The molecule has 4 heterocycles. The number of fused-ring (bicyclic) bond motifs is 6. The second-order valence-corrected chi connectivity index (χ2v) is 7.73. The van der Waals surface area contributed by atoms with Crippen LogP contribution >= 0.6 is 0 Å². The van der Waals surface area contributed by atoms with Crippen LogP contribution in [0.4, 0.5) is 0 Å². The minimum atomic E-state index is -0.368. The minimum absolute atomic E-state index is 0.0316. The average molecular weight is 352 g/mol. The number of benzene rings is 1. The first-order valence-corrected chi connectivity index (χ1v) is 9.46. The SMILES string of the molecule is COC(=O)C1=C[C@H]2C[C@H]3c4[nH]c5ccccc5c4CCN3C[C@H]2[C@@H](C)O1. The van der Waals surface area contributed by atoms with Crippen molar-refractivity contribution in [3.8, 4) is 0 Å². The minimum Gasteiger partial charge on any atom is -0.483 e. The largest absolute Gasteiger partial charge is 0.483 e. The van der Waals surface area contributed by atoms with Crippen LogP contribution in [0.25, 0.3) is 10.9 Å². The summed E-state index contributed by atoms with van der Waals surface area (Å²) in [6, 6.07) is 8.97. The number of rotatable bonds is 1. The van der Waals surface area contributed by atoms with E-state index in [0.29, 0.717) is 23.6 Å². The Hall–Kier alpha value is -2.27. The number of para-hydroxylation sites is 1. The fourth-order valence-corrected chi connectivity index (χ4v) is 5.12. The summed E-state index contributed by atoms with van der Waals surface area (Å²) in [5, 5.41) is 1.36. The lowest BCUT2D eigenvalue weighted by atomic mass is 9.75. The van der Waals surface area contributed by atoms with Gasteiger partial charge in [0.05, 0.1) is 13.2 Å². The molecule has 5 nitrogen and oxygen atoms in total. The summed E-state index contributed by atoms with van der Waals surface area (Å²) in [7, 11) is 1.41. The van der Waals surface area contributed by atoms with Gasteiger partial charge in [-0.15, -0.1) is 0 Å². The first-order valence-electron chi connectivity index (χ1n) is 9.46. The number of esters is 1. The molecule has 1 N–H and O–H groups in total. The van der Waals surface area contributed by atoms with Gasteiger partial charge in [-0.1, -0.05) is 18.2 Å². The molecule has 0 saturated carbocycles. The molecule has 0 aliphatic carbocycles. The molecule has 0 unspecified atom stereocenters. The van der Waals surface area contributed by atoms with Gasteiger partial charge in [0.2, 0.25) is 5.76 Å². The van der Waals surface area contributed by atoms with Gasteiger partial charge in [0.1, 0.15) is 6.10 Å². The third kappa shape index (κ3) is 2.30. The van der Waals surface area contributed by atoms with Crippen LogP contribution in [0.5, 0.6) is 0 Å². The summed E-state index contributed by atoms with van der Waals surface area (Å²) in [5.74, 6) is 0.770. The Balaban J connectivity index is 1.52. The molecule has 26 heavy (non-hydrogen) atoms. The van der Waals surface area contributed by atoms with Crippen molar-refractivity contribution >= 4 is 16.9 Å². The fourth-order valence-electron chi connectivity index (χ4n) is 5.12. The van der Waals surface area contributed by atoms with Gasteiger partial charge in [0.15, 0.2) is 0 Å². The first kappa shape index (κ1) is 15.9. The number of allylic oxidation sites excluding steroid dienone is 1. The van der Waals surface area contributed by atoms with E-state index in [4.69, 9.17) is 9.47 Å². The number of nitrogens with one attached hydrogen (secondary N) is 1. The number of aromatic nitrogens is 1. The zero-order valence-corrected chi connectivity index (χ0v) is 15.2. The van der Waals surface area contributed by atoms with E-state index in [1.807, 2.05) is 6.08 Å². The van der Waals surface area contributed by atoms with Crippen molar-refractivity contribution in [3.63, 3.8) is 0 Å². The molecular weight excluding hydrogens is 328 g/mol. The summed E-state index contributed by atoms with van der Waals surface area (Å²) in [4.78, 5) is 18.2. The summed E-state index contributed by atoms with van der Waals surface area (Å²) in [6.07, 6.45) is 4.14. The molecular formula is C21H24N2O3. The third-order valence-corrected chi connectivity index (χ3v) is 6.43. The highest BCUT2D eigenvalue weighted by Crippen LogP contribution is 2.46. The highest BCUT2D eigenvalue weighted by atomic mass is 16.6. The highest BCUT2D eigenvalue weighted by molar-refractivity contribution is 5.86. The van der Waals surface area contributed by atoms with Crippen molar-refractivity contribution in [2.75, 3.05) is 20.2 Å². The molecule has 5 rings (SSSR count). The number of ether oxygens (including phenoxy) is 2. The van der Waals surface area contributed by atoms with Crippen LogP contribution in [0.1, 0.15) is 30.6 Å². The zero-order chi connectivity index (χ0) is 17.8. The van der Waals surface area contributed by atoms with Crippen LogP contribution < -0.4 is 0 Å². The summed E-state index contributed by atoms with van der Waals surface area (Å²) in [5.41, 5.74) is 4.06. The second kappa shape index (κ2) is 5.88. The van der Waals surface area contributed by atoms with Crippen molar-refractivity contribution in [1.29, 1.82) is 0 Å². The molecule has 1 saturated heterocycles. The topological polar surface area (TPSA) is 54.6 Å². The molecule has 3 aliphatic heterocycles. The summed E-state index contributed by atoms with van der Waals surface area (Å²) < 4.78 is 10.7. The third-order valence-electron chi connectivity index (χ3n) is 6.43. The van der Waals surface area contributed by atoms with E-state index < -0.39 is 0 Å². The number of carbonyl (C=O) groups excluding carboxylic acids is 1. The van der Waals surface area contributed by atoms with E-state index in [9.17, 15) is 4.79 Å². The number of nitrogens with zero attached hydrogens (tertiary/aromatic N) is 1. The normalized spacial score (nSPS) is 30.6. The molecule has 136 valence electrons. The summed E-state index contributed by atoms with van der Waals surface area (Å²) >= 11 is 0. The van der Waals surface area contributed by atoms with Gasteiger partial charge < -0.3 is 14.5 Å². The molecule has 5 heteroatoms. The van der Waals surface area contributed by atoms with Crippen molar-refractivity contribution in [2.45, 2.75) is 31.9 Å². The van der Waals surface area contributed by atoms with Gasteiger partial charge in [0.25, 0.3) is 0 Å². The average Bonchev–Trinajstić information content (AvgIpc) is 3.05. The van der Waals surface area contributed by atoms with Crippen LogP contribution in [0.2, 0.25) is 0 Å². The van der Waals surface area contributed by atoms with Crippen LogP contribution in [0.15, 0.2) is 36.1 Å². The van der Waals surface area contributed by atoms with E-state index in [1.54, 1.807) is 0 Å². The zero-order valence-electron chi connectivity index (χ0n) is 15.2. The number of methoxy groups -OCH3 is 1. The van der Waals surface area contributed by atoms with Crippen molar-refractivity contribution in [1.82, 2.24) is 9.88 Å². The molecule has 0 bridgehead atoms. The van der Waals surface area contributed by atoms with Crippen LogP contribution in [-0.2, 0) is 20.7 Å². The van der Waals surface area contributed by atoms with Gasteiger partial charge in [-0.25, -0.2) is 4.79 Å². The Labute approximate surface area is 153 Å². The number of H-pyrrole nitrogens is 1. The quantitative estimate of drug-likeness (QED) is 0.801. The number of carbonyl (C=O) groups is 1. The molecule has 4 atom stereocenters. The summed E-state index contributed by atoms with van der Waals surface area (Å²) in [6.45, 7) is 4.17. The Morgan fingerprint density at radius 2 is 2.19 bits per heavy atom. The Morgan fingerprint density at radius 3 is 3.04 bits per heavy atom.